The van der Waals surface area contributed by atoms with Crippen molar-refractivity contribution in [2.45, 2.75) is 37.6 Å². The molecule has 0 radical (unpaired) electrons. The van der Waals surface area contributed by atoms with Gasteiger partial charge in [-0.2, -0.15) is 0 Å². The van der Waals surface area contributed by atoms with Gasteiger partial charge in [0, 0.05) is 0 Å². The van der Waals surface area contributed by atoms with Crippen LogP contribution in [-0.4, -0.2) is 6.43 Å². The van der Waals surface area contributed by atoms with E-state index in [1.165, 1.54) is 19.3 Å². The molecule has 1 saturated carbocycles. The van der Waals surface area contributed by atoms with Gasteiger partial charge in [-0.3, -0.25) is 5.84 Å². The highest BCUT2D eigenvalue weighted by molar-refractivity contribution is 5.29. The zero-order valence-electron chi connectivity index (χ0n) is 9.00. The predicted octanol–water partition coefficient (Wildman–Crippen LogP) is 2.72. The fraction of sp³-hybridized carbons (Fsp3) is 0.500. The highest BCUT2D eigenvalue weighted by atomic mass is 19.3. The number of nitrogens with one attached hydrogen (secondary N) is 1. The molecule has 88 valence electrons. The minimum atomic E-state index is -2.48. The molecule has 1 aromatic carbocycles. The summed E-state index contributed by atoms with van der Waals surface area (Å²) in [5, 5.41) is 0. The van der Waals surface area contributed by atoms with Gasteiger partial charge in [-0.1, -0.05) is 30.7 Å². The lowest BCUT2D eigenvalue weighted by Crippen LogP contribution is -2.33. The van der Waals surface area contributed by atoms with Gasteiger partial charge >= 0.3 is 0 Å². The van der Waals surface area contributed by atoms with E-state index in [-0.39, 0.29) is 0 Å². The van der Waals surface area contributed by atoms with Crippen LogP contribution in [0.1, 0.15) is 42.3 Å². The quantitative estimate of drug-likeness (QED) is 0.612. The number of rotatable bonds is 4. The number of hydrazine groups is 1. The van der Waals surface area contributed by atoms with Crippen molar-refractivity contribution in [3.05, 3.63) is 35.4 Å². The number of hydrogen-bond donors (Lipinski definition) is 2. The Bertz CT molecular complexity index is 351. The van der Waals surface area contributed by atoms with E-state index < -0.39 is 12.5 Å². The molecular formula is C12H16F2N2. The summed E-state index contributed by atoms with van der Waals surface area (Å²) in [6.07, 6.45) is 1.08. The second-order valence-electron chi connectivity index (χ2n) is 4.28. The molecule has 2 nitrogen and oxygen atoms in total. The van der Waals surface area contributed by atoms with Crippen LogP contribution in [0, 0.1) is 0 Å². The average molecular weight is 226 g/mol. The van der Waals surface area contributed by atoms with Gasteiger partial charge < -0.3 is 0 Å². The summed E-state index contributed by atoms with van der Waals surface area (Å²) in [7, 11) is 0. The Kier molecular flexibility index (Phi) is 3.51. The molecule has 0 aliphatic heterocycles. The van der Waals surface area contributed by atoms with Crippen LogP contribution in [0.2, 0.25) is 0 Å². The van der Waals surface area contributed by atoms with E-state index in [2.05, 4.69) is 5.43 Å². The maximum atomic E-state index is 12.7. The van der Waals surface area contributed by atoms with Crippen LogP contribution in [0.25, 0.3) is 0 Å². The van der Waals surface area contributed by atoms with E-state index in [1.54, 1.807) is 6.07 Å². The Morgan fingerprint density at radius 3 is 2.56 bits per heavy atom. The molecule has 2 rings (SSSR count). The normalized spacial score (nSPS) is 18.5. The van der Waals surface area contributed by atoms with Gasteiger partial charge in [0.05, 0.1) is 0 Å². The van der Waals surface area contributed by atoms with Crippen molar-refractivity contribution in [1.29, 1.82) is 0 Å². The number of alkyl halides is 2. The molecule has 0 spiro atoms. The lowest BCUT2D eigenvalue weighted by molar-refractivity contribution is 0.0986. The number of hydrogen-bond acceptors (Lipinski definition) is 2. The molecule has 1 aliphatic rings. The van der Waals surface area contributed by atoms with E-state index >= 15 is 0 Å². The van der Waals surface area contributed by atoms with Crippen molar-refractivity contribution in [3.63, 3.8) is 0 Å². The first-order valence-electron chi connectivity index (χ1n) is 5.56. The summed E-state index contributed by atoms with van der Waals surface area (Å²) in [6, 6.07) is 6.31. The van der Waals surface area contributed by atoms with Gasteiger partial charge in [0.1, 0.15) is 6.04 Å². The van der Waals surface area contributed by atoms with Crippen molar-refractivity contribution < 1.29 is 8.78 Å². The van der Waals surface area contributed by atoms with Gasteiger partial charge in [0.25, 0.3) is 6.43 Å². The SMILES string of the molecule is NNC(c1cccc(C2CCC2)c1)C(F)F. The monoisotopic (exact) mass is 226 g/mol. The Balaban J connectivity index is 2.19. The Labute approximate surface area is 93.8 Å². The second-order valence-corrected chi connectivity index (χ2v) is 4.28. The molecule has 1 atom stereocenters. The van der Waals surface area contributed by atoms with Crippen LogP contribution >= 0.6 is 0 Å². The summed E-state index contributed by atoms with van der Waals surface area (Å²) in [5.41, 5.74) is 3.90. The third-order valence-corrected chi connectivity index (χ3v) is 3.28. The lowest BCUT2D eigenvalue weighted by atomic mass is 9.79. The molecule has 16 heavy (non-hydrogen) atoms. The molecule has 0 bridgehead atoms. The molecule has 3 N–H and O–H groups in total. The molecular weight excluding hydrogens is 210 g/mol. The highest BCUT2D eigenvalue weighted by Crippen LogP contribution is 2.37. The van der Waals surface area contributed by atoms with Gasteiger partial charge in [0.2, 0.25) is 0 Å². The van der Waals surface area contributed by atoms with E-state index in [0.29, 0.717) is 11.5 Å². The highest BCUT2D eigenvalue weighted by Gasteiger charge is 2.24. The van der Waals surface area contributed by atoms with Gasteiger partial charge in [-0.05, 0) is 29.9 Å². The summed E-state index contributed by atoms with van der Waals surface area (Å²) >= 11 is 0. The summed E-state index contributed by atoms with van der Waals surface area (Å²) < 4.78 is 25.3. The van der Waals surface area contributed by atoms with Gasteiger partial charge in [0.15, 0.2) is 0 Å². The molecule has 1 aromatic rings. The van der Waals surface area contributed by atoms with E-state index in [4.69, 9.17) is 5.84 Å². The topological polar surface area (TPSA) is 38.0 Å². The smallest absolute Gasteiger partial charge is 0.259 e. The lowest BCUT2D eigenvalue weighted by Gasteiger charge is -2.27. The van der Waals surface area contributed by atoms with Gasteiger partial charge in [-0.15, -0.1) is 0 Å². The van der Waals surface area contributed by atoms with Crippen molar-refractivity contribution in [2.75, 3.05) is 0 Å². The first kappa shape index (κ1) is 11.5. The largest absolute Gasteiger partial charge is 0.271 e. The molecule has 1 unspecified atom stereocenters. The molecule has 4 heteroatoms. The summed E-state index contributed by atoms with van der Waals surface area (Å²) in [6.45, 7) is 0. The van der Waals surface area contributed by atoms with Crippen LogP contribution in [0.5, 0.6) is 0 Å². The summed E-state index contributed by atoms with van der Waals surface area (Å²) in [4.78, 5) is 0. The first-order chi connectivity index (χ1) is 7.72. The van der Waals surface area contributed by atoms with Crippen LogP contribution in [-0.2, 0) is 0 Å². The Morgan fingerprint density at radius 2 is 2.06 bits per heavy atom. The number of halogens is 2. The first-order valence-corrected chi connectivity index (χ1v) is 5.56. The van der Waals surface area contributed by atoms with E-state index in [9.17, 15) is 8.78 Å². The minimum absolute atomic E-state index is 0.552. The van der Waals surface area contributed by atoms with Crippen LogP contribution in [0.4, 0.5) is 8.78 Å². The van der Waals surface area contributed by atoms with Crippen LogP contribution in [0.15, 0.2) is 24.3 Å². The molecule has 1 aliphatic carbocycles. The van der Waals surface area contributed by atoms with Gasteiger partial charge in [-0.25, -0.2) is 14.2 Å². The van der Waals surface area contributed by atoms with E-state index in [1.807, 2.05) is 18.2 Å². The van der Waals surface area contributed by atoms with E-state index in [0.717, 1.165) is 5.56 Å². The molecule has 1 fully saturated rings. The Hall–Kier alpha value is -1.00. The fourth-order valence-electron chi connectivity index (χ4n) is 2.06. The second kappa shape index (κ2) is 4.89. The average Bonchev–Trinajstić information content (AvgIpc) is 2.16. The van der Waals surface area contributed by atoms with Crippen LogP contribution in [0.3, 0.4) is 0 Å². The van der Waals surface area contributed by atoms with Crippen LogP contribution < -0.4 is 11.3 Å². The van der Waals surface area contributed by atoms with Crippen molar-refractivity contribution >= 4 is 0 Å². The standard InChI is InChI=1S/C12H16F2N2/c13-12(14)11(16-15)10-6-2-5-9(7-10)8-3-1-4-8/h2,5-8,11-12,16H,1,3-4,15H2. The molecule has 0 amide bonds. The predicted molar refractivity (Wildman–Crippen MR) is 59.1 cm³/mol. The maximum Gasteiger partial charge on any atom is 0.259 e. The third kappa shape index (κ3) is 2.23. The zero-order valence-corrected chi connectivity index (χ0v) is 9.00. The maximum absolute atomic E-state index is 12.7. The molecule has 0 saturated heterocycles. The zero-order chi connectivity index (χ0) is 11.5. The molecule has 0 heterocycles. The van der Waals surface area contributed by atoms with Crippen molar-refractivity contribution in [3.8, 4) is 0 Å². The minimum Gasteiger partial charge on any atom is -0.271 e. The Morgan fingerprint density at radius 1 is 1.31 bits per heavy atom. The number of nitrogens with two attached hydrogens (primary N) is 1. The van der Waals surface area contributed by atoms with Crippen molar-refractivity contribution in [1.82, 2.24) is 5.43 Å². The fourth-order valence-corrected chi connectivity index (χ4v) is 2.06. The van der Waals surface area contributed by atoms with Crippen molar-refractivity contribution in [2.24, 2.45) is 5.84 Å². The third-order valence-electron chi connectivity index (χ3n) is 3.28. The molecule has 0 aromatic heterocycles. The summed E-state index contributed by atoms with van der Waals surface area (Å²) in [5.74, 6) is 5.70. The number of benzene rings is 1.